The number of morpholine rings is 1. The lowest BCUT2D eigenvalue weighted by Crippen LogP contribution is -2.35. The zero-order chi connectivity index (χ0) is 27.3. The lowest BCUT2D eigenvalue weighted by Gasteiger charge is -2.26. The molecule has 2 aromatic heterocycles. The third-order valence-corrected chi connectivity index (χ3v) is 6.88. The predicted molar refractivity (Wildman–Crippen MR) is 154 cm³/mol. The molecule has 9 nitrogen and oxygen atoms in total. The molecule has 0 unspecified atom stereocenters. The third kappa shape index (κ3) is 5.61. The van der Waals surface area contributed by atoms with Crippen LogP contribution in [0.2, 0.25) is 0 Å². The molecule has 1 amide bonds. The molecule has 1 fully saturated rings. The Bertz CT molecular complexity index is 1630. The normalized spacial score (nSPS) is 13.7. The summed E-state index contributed by atoms with van der Waals surface area (Å²) in [5.41, 5.74) is 4.83. The summed E-state index contributed by atoms with van der Waals surface area (Å²) < 4.78 is 5.41. The highest BCUT2D eigenvalue weighted by Gasteiger charge is 2.18. The molecule has 1 aliphatic heterocycles. The summed E-state index contributed by atoms with van der Waals surface area (Å²) in [5, 5.41) is 6.85. The molecular weight excluding hydrogens is 504 g/mol. The highest BCUT2D eigenvalue weighted by atomic mass is 16.5. The van der Waals surface area contributed by atoms with Crippen molar-refractivity contribution in [3.63, 3.8) is 0 Å². The van der Waals surface area contributed by atoms with Crippen molar-refractivity contribution in [3.05, 3.63) is 114 Å². The van der Waals surface area contributed by atoms with Crippen molar-refractivity contribution >= 4 is 39.9 Å². The third-order valence-electron chi connectivity index (χ3n) is 6.88. The maximum absolute atomic E-state index is 13.1. The number of hydrogen-bond acceptors (Lipinski definition) is 7. The quantitative estimate of drug-likeness (QED) is 0.241. The van der Waals surface area contributed by atoms with Crippen molar-refractivity contribution < 1.29 is 14.3 Å². The second-order valence-electron chi connectivity index (χ2n) is 9.59. The van der Waals surface area contributed by atoms with Gasteiger partial charge < -0.3 is 20.4 Å². The highest BCUT2D eigenvalue weighted by Crippen LogP contribution is 2.28. The topological polar surface area (TPSA) is 112 Å². The van der Waals surface area contributed by atoms with Gasteiger partial charge in [0.2, 0.25) is 0 Å². The molecule has 0 atom stereocenters. The van der Waals surface area contributed by atoms with Gasteiger partial charge in [0.05, 0.1) is 24.2 Å². The Morgan fingerprint density at radius 2 is 1.57 bits per heavy atom. The average Bonchev–Trinajstić information content (AvgIpc) is 3.44. The van der Waals surface area contributed by atoms with E-state index in [9.17, 15) is 9.59 Å². The van der Waals surface area contributed by atoms with E-state index in [1.165, 1.54) is 11.9 Å². The summed E-state index contributed by atoms with van der Waals surface area (Å²) in [7, 11) is 0. The predicted octanol–water partition coefficient (Wildman–Crippen LogP) is 5.02. The highest BCUT2D eigenvalue weighted by molar-refractivity contribution is 6.18. The Kier molecular flexibility index (Phi) is 7.30. The van der Waals surface area contributed by atoms with Crippen LogP contribution in [0.1, 0.15) is 31.8 Å². The SMILES string of the molecule is O=C(Nc1ccc(Nc2ncnc3[nH]cc(C(=O)c4ccccc4)c23)cc1)c1ccc(CN2CCOCC2)cc1. The van der Waals surface area contributed by atoms with Crippen molar-refractivity contribution in [2.45, 2.75) is 6.54 Å². The lowest BCUT2D eigenvalue weighted by molar-refractivity contribution is 0.0342. The van der Waals surface area contributed by atoms with Crippen LogP contribution in [0.5, 0.6) is 0 Å². The van der Waals surface area contributed by atoms with Crippen LogP contribution in [0.25, 0.3) is 11.0 Å². The maximum atomic E-state index is 13.1. The van der Waals surface area contributed by atoms with Crippen LogP contribution in [0.15, 0.2) is 91.4 Å². The first-order valence-corrected chi connectivity index (χ1v) is 13.1. The van der Waals surface area contributed by atoms with Gasteiger partial charge in [0.1, 0.15) is 17.8 Å². The molecule has 5 aromatic rings. The summed E-state index contributed by atoms with van der Waals surface area (Å²) in [6.45, 7) is 4.22. The van der Waals surface area contributed by atoms with Crippen LogP contribution in [0.4, 0.5) is 17.2 Å². The fraction of sp³-hybridized carbons (Fsp3) is 0.161. The second kappa shape index (κ2) is 11.5. The first kappa shape index (κ1) is 25.4. The van der Waals surface area contributed by atoms with E-state index >= 15 is 0 Å². The minimum atomic E-state index is -0.174. The number of ketones is 1. The van der Waals surface area contributed by atoms with Gasteiger partial charge in [-0.1, -0.05) is 42.5 Å². The fourth-order valence-electron chi connectivity index (χ4n) is 4.74. The molecular formula is C31H28N6O3. The molecule has 0 saturated carbocycles. The number of carbonyl (C=O) groups is 2. The number of aromatic nitrogens is 3. The minimum absolute atomic E-state index is 0.114. The summed E-state index contributed by atoms with van der Waals surface area (Å²) in [6.07, 6.45) is 3.10. The van der Waals surface area contributed by atoms with Crippen LogP contribution >= 0.6 is 0 Å². The second-order valence-corrected chi connectivity index (χ2v) is 9.59. The van der Waals surface area contributed by atoms with Gasteiger partial charge in [-0.15, -0.1) is 0 Å². The number of aromatic amines is 1. The van der Waals surface area contributed by atoms with Crippen molar-refractivity contribution in [1.29, 1.82) is 0 Å². The number of rotatable bonds is 8. The Hall–Kier alpha value is -4.86. The zero-order valence-corrected chi connectivity index (χ0v) is 21.8. The van der Waals surface area contributed by atoms with E-state index in [-0.39, 0.29) is 11.7 Å². The van der Waals surface area contributed by atoms with Crippen molar-refractivity contribution in [1.82, 2.24) is 19.9 Å². The molecule has 9 heteroatoms. The van der Waals surface area contributed by atoms with Crippen LogP contribution in [-0.2, 0) is 11.3 Å². The Labute approximate surface area is 231 Å². The van der Waals surface area contributed by atoms with Gasteiger partial charge in [-0.05, 0) is 42.0 Å². The lowest BCUT2D eigenvalue weighted by atomic mass is 10.0. The molecule has 0 bridgehead atoms. The molecule has 0 aliphatic carbocycles. The van der Waals surface area contributed by atoms with Gasteiger partial charge in [-0.2, -0.15) is 0 Å². The number of fused-ring (bicyclic) bond motifs is 1. The van der Waals surface area contributed by atoms with Gasteiger partial charge >= 0.3 is 0 Å². The Morgan fingerprint density at radius 3 is 2.33 bits per heavy atom. The van der Waals surface area contributed by atoms with Crippen LogP contribution in [0, 0.1) is 0 Å². The largest absolute Gasteiger partial charge is 0.379 e. The standard InChI is InChI=1S/C31H28N6O3/c38-28(22-4-2-1-3-5-22)26-18-32-29-27(26)30(34-20-33-29)35-24-10-12-25(13-11-24)36-31(39)23-8-6-21(7-9-23)19-37-14-16-40-17-15-37/h1-13,18,20H,14-17,19H2,(H,36,39)(H2,32,33,34,35). The number of benzene rings is 3. The number of nitrogens with one attached hydrogen (secondary N) is 3. The number of anilines is 3. The number of carbonyl (C=O) groups excluding carboxylic acids is 2. The summed E-state index contributed by atoms with van der Waals surface area (Å²) >= 11 is 0. The molecule has 40 heavy (non-hydrogen) atoms. The van der Waals surface area contributed by atoms with Gasteiger partial charge in [0.25, 0.3) is 5.91 Å². The minimum Gasteiger partial charge on any atom is -0.379 e. The monoisotopic (exact) mass is 532 g/mol. The Balaban J connectivity index is 1.12. The fourth-order valence-corrected chi connectivity index (χ4v) is 4.74. The molecule has 6 rings (SSSR count). The van der Waals surface area contributed by atoms with Gasteiger partial charge in [-0.3, -0.25) is 14.5 Å². The van der Waals surface area contributed by atoms with Gasteiger partial charge in [0, 0.05) is 48.3 Å². The van der Waals surface area contributed by atoms with Crippen molar-refractivity contribution in [3.8, 4) is 0 Å². The van der Waals surface area contributed by atoms with Gasteiger partial charge in [0.15, 0.2) is 5.78 Å². The molecule has 0 radical (unpaired) electrons. The van der Waals surface area contributed by atoms with E-state index in [0.717, 1.165) is 38.5 Å². The van der Waals surface area contributed by atoms with E-state index in [1.807, 2.05) is 66.7 Å². The molecule has 1 aliphatic rings. The first-order valence-electron chi connectivity index (χ1n) is 13.1. The number of ether oxygens (including phenoxy) is 1. The number of H-pyrrole nitrogens is 1. The van der Waals surface area contributed by atoms with Crippen molar-refractivity contribution in [2.24, 2.45) is 0 Å². The van der Waals surface area contributed by atoms with E-state index < -0.39 is 0 Å². The molecule has 3 aromatic carbocycles. The Morgan fingerprint density at radius 1 is 0.850 bits per heavy atom. The average molecular weight is 533 g/mol. The number of nitrogens with zero attached hydrogens (tertiary/aromatic N) is 3. The summed E-state index contributed by atoms with van der Waals surface area (Å²) in [6, 6.07) is 24.1. The van der Waals surface area contributed by atoms with Crippen LogP contribution < -0.4 is 10.6 Å². The number of amides is 1. The van der Waals surface area contributed by atoms with E-state index in [2.05, 4.69) is 30.5 Å². The molecule has 200 valence electrons. The summed E-state index contributed by atoms with van der Waals surface area (Å²) in [4.78, 5) is 40.1. The maximum Gasteiger partial charge on any atom is 0.255 e. The number of hydrogen-bond donors (Lipinski definition) is 3. The van der Waals surface area contributed by atoms with E-state index in [4.69, 9.17) is 4.74 Å². The van der Waals surface area contributed by atoms with Gasteiger partial charge in [-0.25, -0.2) is 9.97 Å². The molecule has 1 saturated heterocycles. The zero-order valence-electron chi connectivity index (χ0n) is 21.8. The molecule has 0 spiro atoms. The first-order chi connectivity index (χ1) is 19.6. The van der Waals surface area contributed by atoms with E-state index in [1.54, 1.807) is 18.3 Å². The van der Waals surface area contributed by atoms with Crippen LogP contribution in [-0.4, -0.2) is 57.8 Å². The smallest absolute Gasteiger partial charge is 0.255 e. The van der Waals surface area contributed by atoms with Crippen LogP contribution in [0.3, 0.4) is 0 Å². The molecule has 3 N–H and O–H groups in total. The molecule has 3 heterocycles. The van der Waals surface area contributed by atoms with E-state index in [0.29, 0.717) is 39.2 Å². The van der Waals surface area contributed by atoms with Crippen molar-refractivity contribution in [2.75, 3.05) is 36.9 Å². The summed E-state index contributed by atoms with van der Waals surface area (Å²) in [5.74, 6) is 0.226.